The first kappa shape index (κ1) is 20.1. The van der Waals surface area contributed by atoms with E-state index in [-0.39, 0.29) is 17.0 Å². The number of fused-ring (bicyclic) bond motifs is 3. The highest BCUT2D eigenvalue weighted by atomic mass is 19.1. The number of amides is 2. The molecule has 0 unspecified atom stereocenters. The Morgan fingerprint density at radius 1 is 0.969 bits per heavy atom. The molecule has 2 amide bonds. The average molecular weight is 435 g/mol. The van der Waals surface area contributed by atoms with Crippen molar-refractivity contribution in [1.82, 2.24) is 9.88 Å². The minimum absolute atomic E-state index is 0.0990. The lowest BCUT2D eigenvalue weighted by atomic mass is 9.98. The van der Waals surface area contributed by atoms with Gasteiger partial charge in [0.05, 0.1) is 24.3 Å². The van der Waals surface area contributed by atoms with Crippen LogP contribution >= 0.6 is 0 Å². The van der Waals surface area contributed by atoms with Gasteiger partial charge in [0.25, 0.3) is 11.8 Å². The Kier molecular flexibility index (Phi) is 4.86. The Morgan fingerprint density at radius 3 is 2.47 bits per heavy atom. The van der Waals surface area contributed by atoms with Gasteiger partial charge in [-0.05, 0) is 42.0 Å². The number of morpholine rings is 1. The normalized spacial score (nSPS) is 14.2. The Hall–Kier alpha value is -3.78. The summed E-state index contributed by atoms with van der Waals surface area (Å²) >= 11 is 0. The van der Waals surface area contributed by atoms with Gasteiger partial charge in [0.1, 0.15) is 11.6 Å². The Morgan fingerprint density at radius 2 is 1.75 bits per heavy atom. The number of benzene rings is 3. The summed E-state index contributed by atoms with van der Waals surface area (Å²) in [5.74, 6) is -2.21. The summed E-state index contributed by atoms with van der Waals surface area (Å²) in [6, 6.07) is 11.7. The number of ether oxygens (including phenoxy) is 1. The van der Waals surface area contributed by atoms with Crippen LogP contribution in [-0.4, -0.2) is 48.0 Å². The highest BCUT2D eigenvalue weighted by molar-refractivity contribution is 6.17. The highest BCUT2D eigenvalue weighted by Gasteiger charge is 2.21. The number of nitrogens with zero attached hydrogens (tertiary/aromatic N) is 1. The van der Waals surface area contributed by atoms with Crippen molar-refractivity contribution in [2.24, 2.45) is 5.73 Å². The van der Waals surface area contributed by atoms with Crippen LogP contribution in [0, 0.1) is 11.6 Å². The van der Waals surface area contributed by atoms with Gasteiger partial charge in [-0.25, -0.2) is 8.78 Å². The molecule has 162 valence electrons. The van der Waals surface area contributed by atoms with Crippen LogP contribution < -0.4 is 5.73 Å². The van der Waals surface area contributed by atoms with E-state index in [4.69, 9.17) is 10.5 Å². The maximum absolute atomic E-state index is 14.4. The number of primary amides is 1. The lowest BCUT2D eigenvalue weighted by Gasteiger charge is -2.26. The number of aromatic nitrogens is 1. The molecular formula is C24H19F2N3O3. The van der Waals surface area contributed by atoms with Crippen LogP contribution in [0.4, 0.5) is 8.78 Å². The average Bonchev–Trinajstić information content (AvgIpc) is 3.16. The molecule has 2 heterocycles. The van der Waals surface area contributed by atoms with E-state index < -0.39 is 17.5 Å². The van der Waals surface area contributed by atoms with Gasteiger partial charge >= 0.3 is 0 Å². The van der Waals surface area contributed by atoms with Crippen molar-refractivity contribution in [3.8, 4) is 11.1 Å². The molecule has 1 saturated heterocycles. The van der Waals surface area contributed by atoms with Gasteiger partial charge in [0, 0.05) is 46.6 Å². The molecule has 8 heteroatoms. The third-order valence-electron chi connectivity index (χ3n) is 5.76. The zero-order valence-electron chi connectivity index (χ0n) is 17.0. The van der Waals surface area contributed by atoms with Crippen LogP contribution in [0.25, 0.3) is 32.9 Å². The Balaban J connectivity index is 1.66. The van der Waals surface area contributed by atoms with E-state index in [9.17, 15) is 18.4 Å². The molecule has 6 nitrogen and oxygen atoms in total. The molecule has 0 saturated carbocycles. The van der Waals surface area contributed by atoms with Crippen LogP contribution in [0.2, 0.25) is 0 Å². The summed E-state index contributed by atoms with van der Waals surface area (Å²) in [7, 11) is 0. The maximum atomic E-state index is 14.4. The fourth-order valence-electron chi connectivity index (χ4n) is 4.16. The number of halogens is 2. The predicted molar refractivity (Wildman–Crippen MR) is 116 cm³/mol. The Labute approximate surface area is 181 Å². The molecule has 0 aliphatic carbocycles. The molecule has 0 atom stereocenters. The van der Waals surface area contributed by atoms with Crippen molar-refractivity contribution in [2.75, 3.05) is 26.3 Å². The maximum Gasteiger partial charge on any atom is 0.254 e. The molecule has 5 rings (SSSR count). The molecule has 3 aromatic carbocycles. The third-order valence-corrected chi connectivity index (χ3v) is 5.76. The van der Waals surface area contributed by atoms with Gasteiger partial charge in [-0.2, -0.15) is 0 Å². The summed E-state index contributed by atoms with van der Waals surface area (Å²) in [5, 5.41) is 1.41. The predicted octanol–water partition coefficient (Wildman–Crippen LogP) is 3.84. The van der Waals surface area contributed by atoms with Crippen LogP contribution in [-0.2, 0) is 4.74 Å². The van der Waals surface area contributed by atoms with E-state index in [1.807, 2.05) is 0 Å². The van der Waals surface area contributed by atoms with Crippen LogP contribution in [0.3, 0.4) is 0 Å². The number of rotatable bonds is 3. The first-order valence-electron chi connectivity index (χ1n) is 10.1. The number of nitrogens with two attached hydrogens (primary N) is 1. The summed E-state index contributed by atoms with van der Waals surface area (Å²) < 4.78 is 33.1. The first-order chi connectivity index (χ1) is 15.4. The first-order valence-corrected chi connectivity index (χ1v) is 10.1. The molecular weight excluding hydrogens is 416 g/mol. The summed E-state index contributed by atoms with van der Waals surface area (Å²) in [6.45, 7) is 2.07. The number of nitrogens with one attached hydrogen (secondary N) is 1. The van der Waals surface area contributed by atoms with Gasteiger partial charge in [0.2, 0.25) is 0 Å². The van der Waals surface area contributed by atoms with Gasteiger partial charge in [-0.15, -0.1) is 0 Å². The standard InChI is InChI=1S/C24H19F2N3O3/c25-15-2-4-16(20(26)12-15)14-9-18-17-3-1-13(24(31)29-5-7-32-8-6-29)11-21(17)28-22(18)19(10-14)23(27)30/h1-4,9-12,28H,5-8H2,(H2,27,30). The lowest BCUT2D eigenvalue weighted by molar-refractivity contribution is 0.0303. The monoisotopic (exact) mass is 435 g/mol. The molecule has 3 N–H and O–H groups in total. The van der Waals surface area contributed by atoms with Gasteiger partial charge in [0.15, 0.2) is 0 Å². The minimum atomic E-state index is -0.738. The molecule has 0 radical (unpaired) electrons. The molecule has 1 aromatic heterocycles. The van der Waals surface area contributed by atoms with Crippen molar-refractivity contribution in [3.05, 3.63) is 71.3 Å². The summed E-state index contributed by atoms with van der Waals surface area (Å²) in [6.07, 6.45) is 0. The molecule has 1 aliphatic rings. The van der Waals surface area contributed by atoms with Gasteiger partial charge in [-0.1, -0.05) is 6.07 Å². The molecule has 0 spiro atoms. The van der Waals surface area contributed by atoms with Crippen LogP contribution in [0.15, 0.2) is 48.5 Å². The van der Waals surface area contributed by atoms with Crippen molar-refractivity contribution < 1.29 is 23.1 Å². The fourth-order valence-corrected chi connectivity index (χ4v) is 4.16. The van der Waals surface area contributed by atoms with Crippen molar-refractivity contribution in [3.63, 3.8) is 0 Å². The van der Waals surface area contributed by atoms with E-state index in [1.54, 1.807) is 29.2 Å². The molecule has 4 aromatic rings. The van der Waals surface area contributed by atoms with Crippen molar-refractivity contribution in [2.45, 2.75) is 0 Å². The topological polar surface area (TPSA) is 88.4 Å². The minimum Gasteiger partial charge on any atom is -0.378 e. The quantitative estimate of drug-likeness (QED) is 0.513. The van der Waals surface area contributed by atoms with Crippen molar-refractivity contribution in [1.29, 1.82) is 0 Å². The number of aromatic amines is 1. The molecule has 32 heavy (non-hydrogen) atoms. The number of carbonyl (C=O) groups excluding carboxylic acids is 2. The SMILES string of the molecule is NC(=O)c1cc(-c2ccc(F)cc2F)cc2c1[nH]c1cc(C(=O)N3CCOCC3)ccc12. The number of hydrogen-bond donors (Lipinski definition) is 2. The number of carbonyl (C=O) groups is 2. The zero-order valence-corrected chi connectivity index (χ0v) is 17.0. The van der Waals surface area contributed by atoms with Crippen LogP contribution in [0.1, 0.15) is 20.7 Å². The second-order valence-corrected chi connectivity index (χ2v) is 7.72. The largest absolute Gasteiger partial charge is 0.378 e. The van der Waals surface area contributed by atoms with Gasteiger partial charge < -0.3 is 20.4 Å². The molecule has 0 bridgehead atoms. The van der Waals surface area contributed by atoms with Gasteiger partial charge in [-0.3, -0.25) is 9.59 Å². The van der Waals surface area contributed by atoms with Crippen LogP contribution in [0.5, 0.6) is 0 Å². The molecule has 1 fully saturated rings. The lowest BCUT2D eigenvalue weighted by Crippen LogP contribution is -2.40. The van der Waals surface area contributed by atoms with E-state index in [0.717, 1.165) is 17.5 Å². The fraction of sp³-hybridized carbons (Fsp3) is 0.167. The van der Waals surface area contributed by atoms with E-state index in [0.29, 0.717) is 53.8 Å². The second kappa shape index (κ2) is 7.72. The summed E-state index contributed by atoms with van der Waals surface area (Å²) in [5.41, 5.74) is 8.00. The third kappa shape index (κ3) is 3.38. The molecule has 1 aliphatic heterocycles. The number of hydrogen-bond acceptors (Lipinski definition) is 3. The van der Waals surface area contributed by atoms with E-state index >= 15 is 0 Å². The van der Waals surface area contributed by atoms with E-state index in [1.165, 1.54) is 12.1 Å². The smallest absolute Gasteiger partial charge is 0.254 e. The van der Waals surface area contributed by atoms with E-state index in [2.05, 4.69) is 4.98 Å². The number of H-pyrrole nitrogens is 1. The highest BCUT2D eigenvalue weighted by Crippen LogP contribution is 2.34. The zero-order chi connectivity index (χ0) is 22.4. The Bertz CT molecular complexity index is 1390. The summed E-state index contributed by atoms with van der Waals surface area (Å²) in [4.78, 5) is 29.9. The van der Waals surface area contributed by atoms with Crippen molar-refractivity contribution >= 4 is 33.6 Å². The second-order valence-electron chi connectivity index (χ2n) is 7.72.